The fourth-order valence-electron chi connectivity index (χ4n) is 1.46. The molecule has 2 heterocycles. The van der Waals surface area contributed by atoms with Gasteiger partial charge in [-0.15, -0.1) is 0 Å². The first kappa shape index (κ1) is 13.8. The molecule has 2 aromatic rings. The van der Waals surface area contributed by atoms with Crippen LogP contribution in [0.1, 0.15) is 12.5 Å². The van der Waals surface area contributed by atoms with Crippen LogP contribution in [0.2, 0.25) is 0 Å². The van der Waals surface area contributed by atoms with E-state index in [4.69, 9.17) is 15.2 Å². The molecule has 0 saturated heterocycles. The smallest absolute Gasteiger partial charge is 0.323 e. The predicted octanol–water partition coefficient (Wildman–Crippen LogP) is 0.868. The predicted molar refractivity (Wildman–Crippen MR) is 73.5 cm³/mol. The fourth-order valence-corrected chi connectivity index (χ4v) is 1.46. The van der Waals surface area contributed by atoms with E-state index >= 15 is 0 Å². The normalized spacial score (nSPS) is 10.1. The molecular weight excluding hydrogens is 260 g/mol. The Morgan fingerprint density at radius 1 is 1.25 bits per heavy atom. The molecular formula is C12H16N6O2. The van der Waals surface area contributed by atoms with Crippen molar-refractivity contribution in [2.45, 2.75) is 13.5 Å². The molecule has 0 unspecified atom stereocenters. The summed E-state index contributed by atoms with van der Waals surface area (Å²) in [5.41, 5.74) is 6.55. The zero-order valence-corrected chi connectivity index (χ0v) is 11.3. The minimum atomic E-state index is 0.110. The maximum absolute atomic E-state index is 5.59. The van der Waals surface area contributed by atoms with Crippen molar-refractivity contribution in [2.24, 2.45) is 0 Å². The molecule has 0 radical (unpaired) electrons. The Hall–Kier alpha value is -2.64. The van der Waals surface area contributed by atoms with Gasteiger partial charge in [-0.25, -0.2) is 4.98 Å². The summed E-state index contributed by atoms with van der Waals surface area (Å²) in [6.45, 7) is 2.81. The van der Waals surface area contributed by atoms with E-state index in [0.717, 1.165) is 5.56 Å². The average Bonchev–Trinajstić information content (AvgIpc) is 2.45. The molecule has 0 aliphatic carbocycles. The Kier molecular flexibility index (Phi) is 4.48. The highest BCUT2D eigenvalue weighted by atomic mass is 16.5. The quantitative estimate of drug-likeness (QED) is 0.800. The SMILES string of the molecule is CCOc1nc(N)nc(NCc2ccc(OC)nc2)n1. The molecule has 0 aliphatic rings. The Morgan fingerprint density at radius 2 is 2.10 bits per heavy atom. The first-order valence-corrected chi connectivity index (χ1v) is 6.08. The molecule has 0 atom stereocenters. The van der Waals surface area contributed by atoms with Gasteiger partial charge in [0.15, 0.2) is 0 Å². The van der Waals surface area contributed by atoms with Gasteiger partial charge in [-0.2, -0.15) is 15.0 Å². The molecule has 0 aromatic carbocycles. The molecule has 2 aromatic heterocycles. The number of hydrogen-bond donors (Lipinski definition) is 2. The van der Waals surface area contributed by atoms with Crippen molar-refractivity contribution in [2.75, 3.05) is 24.8 Å². The van der Waals surface area contributed by atoms with Gasteiger partial charge in [0, 0.05) is 18.8 Å². The van der Waals surface area contributed by atoms with Gasteiger partial charge in [0.05, 0.1) is 13.7 Å². The van der Waals surface area contributed by atoms with Crippen molar-refractivity contribution in [3.05, 3.63) is 23.9 Å². The number of aromatic nitrogens is 4. The highest BCUT2D eigenvalue weighted by Crippen LogP contribution is 2.11. The third-order valence-electron chi connectivity index (χ3n) is 2.36. The van der Waals surface area contributed by atoms with Crippen LogP contribution in [0, 0.1) is 0 Å². The number of rotatable bonds is 6. The molecule has 0 spiro atoms. The average molecular weight is 276 g/mol. The number of nitrogens with one attached hydrogen (secondary N) is 1. The van der Waals surface area contributed by atoms with E-state index in [1.807, 2.05) is 13.0 Å². The molecule has 3 N–H and O–H groups in total. The van der Waals surface area contributed by atoms with E-state index in [9.17, 15) is 0 Å². The van der Waals surface area contributed by atoms with Gasteiger partial charge >= 0.3 is 6.01 Å². The number of hydrogen-bond acceptors (Lipinski definition) is 8. The first-order chi connectivity index (χ1) is 9.71. The molecule has 0 amide bonds. The van der Waals surface area contributed by atoms with Crippen LogP contribution in [0.5, 0.6) is 11.9 Å². The highest BCUT2D eigenvalue weighted by Gasteiger charge is 2.05. The van der Waals surface area contributed by atoms with Crippen molar-refractivity contribution >= 4 is 11.9 Å². The number of pyridine rings is 1. The second-order valence-corrected chi connectivity index (χ2v) is 3.80. The van der Waals surface area contributed by atoms with Crippen molar-refractivity contribution in [1.29, 1.82) is 0 Å². The lowest BCUT2D eigenvalue weighted by Crippen LogP contribution is -2.09. The van der Waals surface area contributed by atoms with Gasteiger partial charge in [-0.1, -0.05) is 6.07 Å². The highest BCUT2D eigenvalue weighted by molar-refractivity contribution is 5.33. The van der Waals surface area contributed by atoms with Crippen LogP contribution in [0.15, 0.2) is 18.3 Å². The van der Waals surface area contributed by atoms with Crippen molar-refractivity contribution in [3.63, 3.8) is 0 Å². The number of ether oxygens (including phenoxy) is 2. The van der Waals surface area contributed by atoms with Gasteiger partial charge in [0.2, 0.25) is 17.8 Å². The zero-order valence-electron chi connectivity index (χ0n) is 11.3. The Morgan fingerprint density at radius 3 is 2.75 bits per heavy atom. The summed E-state index contributed by atoms with van der Waals surface area (Å²) in [5, 5.41) is 3.04. The summed E-state index contributed by atoms with van der Waals surface area (Å²) in [4.78, 5) is 16.1. The van der Waals surface area contributed by atoms with Crippen LogP contribution in [0.3, 0.4) is 0 Å². The molecule has 8 nitrogen and oxygen atoms in total. The second kappa shape index (κ2) is 6.50. The molecule has 0 saturated carbocycles. The zero-order chi connectivity index (χ0) is 14.4. The summed E-state index contributed by atoms with van der Waals surface area (Å²) >= 11 is 0. The lowest BCUT2D eigenvalue weighted by molar-refractivity contribution is 0.312. The molecule has 0 fully saturated rings. The van der Waals surface area contributed by atoms with Crippen LogP contribution in [-0.4, -0.2) is 33.7 Å². The fraction of sp³-hybridized carbons (Fsp3) is 0.333. The number of methoxy groups -OCH3 is 1. The van der Waals surface area contributed by atoms with Crippen molar-refractivity contribution in [1.82, 2.24) is 19.9 Å². The summed E-state index contributed by atoms with van der Waals surface area (Å²) in [5.74, 6) is 1.03. The number of anilines is 2. The largest absolute Gasteiger partial charge is 0.481 e. The van der Waals surface area contributed by atoms with Crippen LogP contribution in [0.4, 0.5) is 11.9 Å². The van der Waals surface area contributed by atoms with E-state index in [0.29, 0.717) is 25.0 Å². The van der Waals surface area contributed by atoms with Gasteiger partial charge < -0.3 is 20.5 Å². The summed E-state index contributed by atoms with van der Waals surface area (Å²) in [6.07, 6.45) is 1.71. The Bertz CT molecular complexity index is 560. The Labute approximate surface area is 116 Å². The van der Waals surface area contributed by atoms with E-state index in [-0.39, 0.29) is 12.0 Å². The monoisotopic (exact) mass is 276 g/mol. The number of nitrogen functional groups attached to an aromatic ring is 1. The van der Waals surface area contributed by atoms with Gasteiger partial charge in [-0.3, -0.25) is 0 Å². The second-order valence-electron chi connectivity index (χ2n) is 3.80. The van der Waals surface area contributed by atoms with E-state index in [1.165, 1.54) is 0 Å². The van der Waals surface area contributed by atoms with E-state index in [2.05, 4.69) is 25.3 Å². The van der Waals surface area contributed by atoms with E-state index < -0.39 is 0 Å². The van der Waals surface area contributed by atoms with Crippen molar-refractivity contribution in [3.8, 4) is 11.9 Å². The maximum atomic E-state index is 5.59. The van der Waals surface area contributed by atoms with Crippen LogP contribution in [-0.2, 0) is 6.54 Å². The Balaban J connectivity index is 2.02. The van der Waals surface area contributed by atoms with Crippen LogP contribution in [0.25, 0.3) is 0 Å². The molecule has 8 heteroatoms. The first-order valence-electron chi connectivity index (χ1n) is 6.08. The van der Waals surface area contributed by atoms with Crippen LogP contribution < -0.4 is 20.5 Å². The minimum absolute atomic E-state index is 0.110. The van der Waals surface area contributed by atoms with Gasteiger partial charge in [0.25, 0.3) is 0 Å². The van der Waals surface area contributed by atoms with Crippen LogP contribution >= 0.6 is 0 Å². The lowest BCUT2D eigenvalue weighted by Gasteiger charge is -2.07. The standard InChI is InChI=1S/C12H16N6O2/c1-3-20-12-17-10(13)16-11(18-12)15-7-8-4-5-9(19-2)14-6-8/h4-6H,3,7H2,1-2H3,(H3,13,15,16,17,18). The molecule has 0 bridgehead atoms. The lowest BCUT2D eigenvalue weighted by atomic mass is 10.3. The third-order valence-corrected chi connectivity index (χ3v) is 2.36. The summed E-state index contributed by atoms with van der Waals surface area (Å²) < 4.78 is 10.2. The van der Waals surface area contributed by atoms with Gasteiger partial charge in [0.1, 0.15) is 0 Å². The number of nitrogens with two attached hydrogens (primary N) is 1. The minimum Gasteiger partial charge on any atom is -0.481 e. The molecule has 20 heavy (non-hydrogen) atoms. The maximum Gasteiger partial charge on any atom is 0.323 e. The van der Waals surface area contributed by atoms with Gasteiger partial charge in [-0.05, 0) is 12.5 Å². The molecule has 0 aliphatic heterocycles. The number of nitrogens with zero attached hydrogens (tertiary/aromatic N) is 4. The van der Waals surface area contributed by atoms with E-state index in [1.54, 1.807) is 19.4 Å². The molecule has 2 rings (SSSR count). The summed E-state index contributed by atoms with van der Waals surface area (Å²) in [7, 11) is 1.57. The molecule has 106 valence electrons. The topological polar surface area (TPSA) is 108 Å². The summed E-state index contributed by atoms with van der Waals surface area (Å²) in [6, 6.07) is 3.88. The third kappa shape index (κ3) is 3.67. The van der Waals surface area contributed by atoms with Crippen molar-refractivity contribution < 1.29 is 9.47 Å².